The summed E-state index contributed by atoms with van der Waals surface area (Å²) >= 11 is 1.66. The Morgan fingerprint density at radius 2 is 2.38 bits per heavy atom. The number of aromatic nitrogens is 1. The van der Waals surface area contributed by atoms with Crippen LogP contribution in [0.4, 0.5) is 0 Å². The summed E-state index contributed by atoms with van der Waals surface area (Å²) in [6, 6.07) is 7.87. The van der Waals surface area contributed by atoms with Crippen molar-refractivity contribution in [3.05, 3.63) is 28.8 Å². The number of aryl methyl sites for hydroxylation is 1. The molecule has 0 spiro atoms. The fourth-order valence-electron chi connectivity index (χ4n) is 1.24. The summed E-state index contributed by atoms with van der Waals surface area (Å²) in [5.41, 5.74) is 1.53. The minimum absolute atomic E-state index is 0.674. The summed E-state index contributed by atoms with van der Waals surface area (Å²) in [6.45, 7) is 2.07. The first-order valence-electron chi connectivity index (χ1n) is 4.13. The van der Waals surface area contributed by atoms with Gasteiger partial charge in [-0.2, -0.15) is 5.26 Å². The summed E-state index contributed by atoms with van der Waals surface area (Å²) in [6.07, 6.45) is 0.935. The lowest BCUT2D eigenvalue weighted by Gasteiger charge is -1.87. The highest BCUT2D eigenvalue weighted by atomic mass is 32.1. The maximum Gasteiger partial charge on any atom is 0.101 e. The van der Waals surface area contributed by atoms with E-state index in [2.05, 4.69) is 18.0 Å². The van der Waals surface area contributed by atoms with Gasteiger partial charge >= 0.3 is 0 Å². The van der Waals surface area contributed by atoms with Crippen molar-refractivity contribution in [2.75, 3.05) is 0 Å². The van der Waals surface area contributed by atoms with Crippen molar-refractivity contribution in [1.82, 2.24) is 4.98 Å². The monoisotopic (exact) mass is 188 g/mol. The van der Waals surface area contributed by atoms with Crippen LogP contribution in [0.2, 0.25) is 0 Å². The molecule has 1 aromatic carbocycles. The Labute approximate surface area is 80.5 Å². The largest absolute Gasteiger partial charge is 0.240 e. The number of rotatable bonds is 1. The molecule has 0 amide bonds. The summed E-state index contributed by atoms with van der Waals surface area (Å²) in [7, 11) is 0. The van der Waals surface area contributed by atoms with Crippen molar-refractivity contribution >= 4 is 21.6 Å². The number of nitrogens with zero attached hydrogens (tertiary/aromatic N) is 2. The fraction of sp³-hybridized carbons (Fsp3) is 0.200. The highest BCUT2D eigenvalue weighted by molar-refractivity contribution is 7.18. The Kier molecular flexibility index (Phi) is 1.99. The van der Waals surface area contributed by atoms with Gasteiger partial charge in [-0.1, -0.05) is 13.0 Å². The van der Waals surface area contributed by atoms with Crippen LogP contribution in [0.1, 0.15) is 17.5 Å². The van der Waals surface area contributed by atoms with Gasteiger partial charge in [0, 0.05) is 0 Å². The van der Waals surface area contributed by atoms with Crippen LogP contribution >= 0.6 is 11.3 Å². The molecule has 0 aliphatic rings. The Bertz CT molecular complexity index is 479. The van der Waals surface area contributed by atoms with Crippen LogP contribution in [0.25, 0.3) is 10.2 Å². The third-order valence-electron chi connectivity index (χ3n) is 1.89. The SMILES string of the molecule is CCc1nc2c(C#N)cccc2s1. The molecule has 1 heterocycles. The Morgan fingerprint density at radius 3 is 3.08 bits per heavy atom. The minimum Gasteiger partial charge on any atom is -0.240 e. The van der Waals surface area contributed by atoms with Crippen LogP contribution in [0.3, 0.4) is 0 Å². The first-order valence-corrected chi connectivity index (χ1v) is 4.95. The van der Waals surface area contributed by atoms with E-state index >= 15 is 0 Å². The van der Waals surface area contributed by atoms with Crippen molar-refractivity contribution in [1.29, 1.82) is 5.26 Å². The van der Waals surface area contributed by atoms with E-state index in [-0.39, 0.29) is 0 Å². The Morgan fingerprint density at radius 1 is 1.54 bits per heavy atom. The molecule has 2 nitrogen and oxygen atoms in total. The Hall–Kier alpha value is -1.40. The number of hydrogen-bond donors (Lipinski definition) is 0. The van der Waals surface area contributed by atoms with Crippen LogP contribution in [-0.4, -0.2) is 4.98 Å². The first kappa shape index (κ1) is 8.21. The van der Waals surface area contributed by atoms with E-state index in [1.807, 2.05) is 18.2 Å². The van der Waals surface area contributed by atoms with Gasteiger partial charge in [-0.05, 0) is 18.6 Å². The lowest BCUT2D eigenvalue weighted by Crippen LogP contribution is -1.78. The molecule has 13 heavy (non-hydrogen) atoms. The van der Waals surface area contributed by atoms with Gasteiger partial charge in [0.2, 0.25) is 0 Å². The van der Waals surface area contributed by atoms with Gasteiger partial charge < -0.3 is 0 Å². The highest BCUT2D eigenvalue weighted by Gasteiger charge is 2.05. The van der Waals surface area contributed by atoms with E-state index in [1.54, 1.807) is 11.3 Å². The molecule has 0 saturated carbocycles. The van der Waals surface area contributed by atoms with E-state index in [4.69, 9.17) is 5.26 Å². The van der Waals surface area contributed by atoms with Gasteiger partial charge in [0.1, 0.15) is 6.07 Å². The van der Waals surface area contributed by atoms with Crippen molar-refractivity contribution in [2.24, 2.45) is 0 Å². The van der Waals surface area contributed by atoms with Gasteiger partial charge in [-0.3, -0.25) is 0 Å². The first-order chi connectivity index (χ1) is 6.35. The minimum atomic E-state index is 0.674. The molecular weight excluding hydrogens is 180 g/mol. The molecule has 64 valence electrons. The van der Waals surface area contributed by atoms with Crippen LogP contribution in [0.5, 0.6) is 0 Å². The van der Waals surface area contributed by atoms with Crippen LogP contribution in [-0.2, 0) is 6.42 Å². The van der Waals surface area contributed by atoms with E-state index < -0.39 is 0 Å². The highest BCUT2D eigenvalue weighted by Crippen LogP contribution is 2.24. The molecule has 0 unspecified atom stereocenters. The molecule has 0 aliphatic carbocycles. The van der Waals surface area contributed by atoms with Crippen molar-refractivity contribution in [2.45, 2.75) is 13.3 Å². The maximum absolute atomic E-state index is 8.83. The molecule has 0 radical (unpaired) electrons. The molecular formula is C10H8N2S. The molecule has 0 saturated heterocycles. The zero-order valence-electron chi connectivity index (χ0n) is 7.24. The smallest absolute Gasteiger partial charge is 0.101 e. The number of fused-ring (bicyclic) bond motifs is 1. The second-order valence-corrected chi connectivity index (χ2v) is 3.84. The molecule has 0 atom stereocenters. The summed E-state index contributed by atoms with van der Waals surface area (Å²) < 4.78 is 1.11. The molecule has 0 aliphatic heterocycles. The van der Waals surface area contributed by atoms with Gasteiger partial charge in [0.15, 0.2) is 0 Å². The zero-order valence-corrected chi connectivity index (χ0v) is 8.06. The van der Waals surface area contributed by atoms with Crippen molar-refractivity contribution in [3.8, 4) is 6.07 Å². The molecule has 0 fully saturated rings. The predicted molar refractivity (Wildman–Crippen MR) is 53.7 cm³/mol. The zero-order chi connectivity index (χ0) is 9.26. The van der Waals surface area contributed by atoms with Crippen LogP contribution in [0, 0.1) is 11.3 Å². The lowest BCUT2D eigenvalue weighted by atomic mass is 10.2. The molecule has 2 aromatic rings. The predicted octanol–water partition coefficient (Wildman–Crippen LogP) is 2.73. The third kappa shape index (κ3) is 1.30. The van der Waals surface area contributed by atoms with E-state index in [9.17, 15) is 0 Å². The van der Waals surface area contributed by atoms with Crippen molar-refractivity contribution in [3.63, 3.8) is 0 Å². The number of benzene rings is 1. The Balaban J connectivity index is 2.76. The fourth-order valence-corrected chi connectivity index (χ4v) is 2.17. The topological polar surface area (TPSA) is 36.7 Å². The molecule has 1 aromatic heterocycles. The van der Waals surface area contributed by atoms with E-state index in [1.165, 1.54) is 0 Å². The van der Waals surface area contributed by atoms with E-state index in [0.717, 1.165) is 21.6 Å². The van der Waals surface area contributed by atoms with Gasteiger partial charge in [0.25, 0.3) is 0 Å². The maximum atomic E-state index is 8.83. The number of hydrogen-bond acceptors (Lipinski definition) is 3. The average molecular weight is 188 g/mol. The number of nitriles is 1. The standard InChI is InChI=1S/C10H8N2S/c1-2-9-12-10-7(6-11)4-3-5-8(10)13-9/h3-5H,2H2,1H3. The number of para-hydroxylation sites is 1. The third-order valence-corrected chi connectivity index (χ3v) is 3.05. The second kappa shape index (κ2) is 3.15. The molecule has 2 rings (SSSR count). The van der Waals surface area contributed by atoms with Crippen molar-refractivity contribution < 1.29 is 0 Å². The number of thiazole rings is 1. The van der Waals surface area contributed by atoms with Crippen LogP contribution in [0.15, 0.2) is 18.2 Å². The summed E-state index contributed by atoms with van der Waals surface area (Å²) in [4.78, 5) is 4.40. The lowest BCUT2D eigenvalue weighted by molar-refractivity contribution is 1.11. The van der Waals surface area contributed by atoms with Gasteiger partial charge in [-0.25, -0.2) is 4.98 Å². The summed E-state index contributed by atoms with van der Waals surface area (Å²) in [5.74, 6) is 0. The summed E-state index contributed by atoms with van der Waals surface area (Å²) in [5, 5.41) is 9.93. The molecule has 0 N–H and O–H groups in total. The quantitative estimate of drug-likeness (QED) is 0.690. The van der Waals surface area contributed by atoms with Crippen LogP contribution < -0.4 is 0 Å². The van der Waals surface area contributed by atoms with E-state index in [0.29, 0.717) is 5.56 Å². The second-order valence-electron chi connectivity index (χ2n) is 2.73. The molecule has 0 bridgehead atoms. The molecule has 3 heteroatoms. The van der Waals surface area contributed by atoms with Gasteiger partial charge in [0.05, 0.1) is 20.8 Å². The van der Waals surface area contributed by atoms with Gasteiger partial charge in [-0.15, -0.1) is 11.3 Å². The average Bonchev–Trinajstić information content (AvgIpc) is 2.59. The normalized spacial score (nSPS) is 10.2.